The van der Waals surface area contributed by atoms with E-state index in [0.29, 0.717) is 0 Å². The molecule has 0 saturated heterocycles. The second-order valence-electron chi connectivity index (χ2n) is 6.41. The summed E-state index contributed by atoms with van der Waals surface area (Å²) in [6.45, 7) is 7.54. The second kappa shape index (κ2) is 7.75. The van der Waals surface area contributed by atoms with Crippen LogP contribution >= 0.6 is 22.7 Å². The van der Waals surface area contributed by atoms with Crippen LogP contribution in [0, 0.1) is 6.21 Å². The van der Waals surface area contributed by atoms with Gasteiger partial charge in [-0.25, -0.2) is 0 Å². The first-order chi connectivity index (χ1) is 13.2. The Morgan fingerprint density at radius 2 is 1.59 bits per heavy atom. The molecule has 0 atom stereocenters. The molecule has 0 amide bonds. The van der Waals surface area contributed by atoms with Gasteiger partial charge in [0.1, 0.15) is 22.2 Å². The first-order valence-corrected chi connectivity index (χ1v) is 11.1. The quantitative estimate of drug-likeness (QED) is 0.432. The zero-order valence-electron chi connectivity index (χ0n) is 16.0. The SMILES string of the molecule is CC=[n+]1/c(=C/C(=C/c2sc3ccccc3[n+]2CC)CC)sc2ccccc21. The maximum atomic E-state index is 2.41. The van der Waals surface area contributed by atoms with Gasteiger partial charge in [0.05, 0.1) is 0 Å². The van der Waals surface area contributed by atoms with Gasteiger partial charge in [-0.15, -0.1) is 0 Å². The van der Waals surface area contributed by atoms with Gasteiger partial charge < -0.3 is 0 Å². The van der Waals surface area contributed by atoms with E-state index in [1.807, 2.05) is 22.7 Å². The van der Waals surface area contributed by atoms with E-state index >= 15 is 0 Å². The number of allylic oxidation sites excluding steroid dienone is 1. The van der Waals surface area contributed by atoms with Gasteiger partial charge in [-0.2, -0.15) is 8.81 Å². The fourth-order valence-electron chi connectivity index (χ4n) is 3.44. The van der Waals surface area contributed by atoms with Crippen molar-refractivity contribution in [2.75, 3.05) is 0 Å². The molecule has 0 aliphatic carbocycles. The fourth-order valence-corrected chi connectivity index (χ4v) is 5.80. The molecule has 0 saturated carbocycles. The lowest BCUT2D eigenvalue weighted by molar-refractivity contribution is -0.665. The van der Waals surface area contributed by atoms with Crippen molar-refractivity contribution in [3.63, 3.8) is 0 Å². The minimum Gasteiger partial charge on any atom is -0.182 e. The van der Waals surface area contributed by atoms with Crippen LogP contribution in [0.2, 0.25) is 0 Å². The topological polar surface area (TPSA) is 9.78 Å². The lowest BCUT2D eigenvalue weighted by Gasteiger charge is -1.94. The number of hydrogen-bond acceptors (Lipinski definition) is 2. The smallest absolute Gasteiger partial charge is 0.182 e. The van der Waals surface area contributed by atoms with Crippen LogP contribution in [-0.2, 0) is 6.54 Å². The molecule has 0 bridgehead atoms. The van der Waals surface area contributed by atoms with Gasteiger partial charge in [0.25, 0.3) is 9.67 Å². The Labute approximate surface area is 167 Å². The monoisotopic (exact) mass is 392 g/mol. The van der Waals surface area contributed by atoms with Crippen molar-refractivity contribution < 1.29 is 8.81 Å². The lowest BCUT2D eigenvalue weighted by Crippen LogP contribution is -2.33. The number of thiazole rings is 2. The average molecular weight is 393 g/mol. The molecular weight excluding hydrogens is 368 g/mol. The molecule has 136 valence electrons. The van der Waals surface area contributed by atoms with Crippen LogP contribution < -0.4 is 13.5 Å². The van der Waals surface area contributed by atoms with Crippen molar-refractivity contribution >= 4 is 55.3 Å². The fraction of sp³-hybridized carbons (Fsp3) is 0.217. The van der Waals surface area contributed by atoms with Crippen molar-refractivity contribution in [2.45, 2.75) is 33.7 Å². The minimum absolute atomic E-state index is 0.985. The molecule has 0 unspecified atom stereocenters. The van der Waals surface area contributed by atoms with Crippen molar-refractivity contribution in [1.82, 2.24) is 0 Å². The number of nitrogens with zero attached hydrogens (tertiary/aromatic N) is 2. The second-order valence-corrected chi connectivity index (χ2v) is 8.53. The van der Waals surface area contributed by atoms with Crippen LogP contribution in [0.3, 0.4) is 0 Å². The maximum Gasteiger partial charge on any atom is 0.268 e. The predicted octanol–water partition coefficient (Wildman–Crippen LogP) is 5.01. The molecule has 0 radical (unpaired) electrons. The Morgan fingerprint density at radius 3 is 2.26 bits per heavy atom. The van der Waals surface area contributed by atoms with E-state index in [9.17, 15) is 0 Å². The van der Waals surface area contributed by atoms with Gasteiger partial charge in [-0.3, -0.25) is 0 Å². The van der Waals surface area contributed by atoms with Crippen molar-refractivity contribution in [1.29, 1.82) is 0 Å². The van der Waals surface area contributed by atoms with Gasteiger partial charge in [0.15, 0.2) is 0 Å². The highest BCUT2D eigenvalue weighted by Crippen LogP contribution is 2.23. The highest BCUT2D eigenvalue weighted by atomic mass is 32.1. The third-order valence-electron chi connectivity index (χ3n) is 4.81. The summed E-state index contributed by atoms with van der Waals surface area (Å²) in [5.74, 6) is 0. The van der Waals surface area contributed by atoms with Crippen LogP contribution in [0.25, 0.3) is 32.6 Å². The molecule has 0 aliphatic heterocycles. The third-order valence-corrected chi connectivity index (χ3v) is 7.02. The van der Waals surface area contributed by atoms with Crippen molar-refractivity contribution in [3.8, 4) is 0 Å². The van der Waals surface area contributed by atoms with Crippen LogP contribution in [-0.4, -0.2) is 0 Å². The largest absolute Gasteiger partial charge is 0.268 e. The molecule has 4 rings (SSSR count). The van der Waals surface area contributed by atoms with E-state index < -0.39 is 0 Å². The molecule has 0 spiro atoms. The van der Waals surface area contributed by atoms with Crippen LogP contribution in [0.15, 0.2) is 54.1 Å². The third kappa shape index (κ3) is 3.35. The highest BCUT2D eigenvalue weighted by molar-refractivity contribution is 7.18. The number of fused-ring (bicyclic) bond motifs is 2. The van der Waals surface area contributed by atoms with E-state index in [4.69, 9.17) is 0 Å². The molecule has 0 fully saturated rings. The van der Waals surface area contributed by atoms with Gasteiger partial charge in [0.2, 0.25) is 11.0 Å². The molecule has 2 aromatic heterocycles. The number of aryl methyl sites for hydroxylation is 1. The normalized spacial score (nSPS) is 14.0. The molecule has 0 N–H and O–H groups in total. The van der Waals surface area contributed by atoms with Crippen molar-refractivity contribution in [2.24, 2.45) is 0 Å². The summed E-state index contributed by atoms with van der Waals surface area (Å²) in [6.07, 6.45) is 7.87. The minimum atomic E-state index is 0.985. The zero-order chi connectivity index (χ0) is 18.8. The van der Waals surface area contributed by atoms with E-state index in [-0.39, 0.29) is 0 Å². The zero-order valence-corrected chi connectivity index (χ0v) is 17.6. The number of aromatic nitrogens is 2. The Bertz CT molecular complexity index is 1260. The van der Waals surface area contributed by atoms with Gasteiger partial charge >= 0.3 is 0 Å². The van der Waals surface area contributed by atoms with E-state index in [1.54, 1.807) is 0 Å². The lowest BCUT2D eigenvalue weighted by atomic mass is 10.2. The summed E-state index contributed by atoms with van der Waals surface area (Å²) < 4.78 is 8.65. The molecule has 4 aromatic rings. The summed E-state index contributed by atoms with van der Waals surface area (Å²) in [5.41, 5.74) is 3.95. The Kier molecular flexibility index (Phi) is 5.19. The van der Waals surface area contributed by atoms with E-state index in [2.05, 4.69) is 96.5 Å². The molecule has 4 heteroatoms. The van der Waals surface area contributed by atoms with Gasteiger partial charge in [0, 0.05) is 31.2 Å². The number of benzene rings is 2. The van der Waals surface area contributed by atoms with Gasteiger partial charge in [-0.05, 0) is 31.1 Å². The Morgan fingerprint density at radius 1 is 0.926 bits per heavy atom. The summed E-state index contributed by atoms with van der Waals surface area (Å²) in [5, 5.41) is 1.32. The molecule has 2 aromatic carbocycles. The summed E-state index contributed by atoms with van der Waals surface area (Å²) in [6, 6.07) is 17.3. The van der Waals surface area contributed by atoms with Crippen LogP contribution in [0.4, 0.5) is 0 Å². The molecule has 0 aliphatic rings. The molecular formula is C23H24N2S2+2. The number of rotatable bonds is 4. The van der Waals surface area contributed by atoms with E-state index in [0.717, 1.165) is 13.0 Å². The predicted molar refractivity (Wildman–Crippen MR) is 117 cm³/mol. The molecule has 27 heavy (non-hydrogen) atoms. The number of para-hydroxylation sites is 2. The highest BCUT2D eigenvalue weighted by Gasteiger charge is 2.17. The average Bonchev–Trinajstić information content (AvgIpc) is 3.23. The summed E-state index contributed by atoms with van der Waals surface area (Å²) in [4.78, 5) is 0. The summed E-state index contributed by atoms with van der Waals surface area (Å²) >= 11 is 3.72. The number of hydrogen-bond donors (Lipinski definition) is 0. The first-order valence-electron chi connectivity index (χ1n) is 9.44. The van der Waals surface area contributed by atoms with E-state index in [1.165, 1.54) is 35.7 Å². The molecule has 2 heterocycles. The molecule has 2 nitrogen and oxygen atoms in total. The van der Waals surface area contributed by atoms with Gasteiger partial charge in [-0.1, -0.05) is 53.9 Å². The van der Waals surface area contributed by atoms with Crippen LogP contribution in [0.5, 0.6) is 0 Å². The van der Waals surface area contributed by atoms with Crippen molar-refractivity contribution in [3.05, 3.63) is 70.0 Å². The first kappa shape index (κ1) is 18.1. The summed E-state index contributed by atoms with van der Waals surface area (Å²) in [7, 11) is 0. The maximum absolute atomic E-state index is 2.41. The standard InChI is InChI=1S/C23H24N2S2/c1-4-17(15-22-24(5-2)18-11-7-9-13-20(18)26-22)16-23-25(6-3)19-12-8-10-14-21(19)27-23/h5,7-16H,4,6H2,1-3H3/q+2/b17-16+,22-15-,24-5?. The van der Waals surface area contributed by atoms with Crippen LogP contribution in [0.1, 0.15) is 32.2 Å². The Hall–Kier alpha value is -2.30. The Balaban J connectivity index is 1.90.